The zero-order valence-corrected chi connectivity index (χ0v) is 11.1. The Morgan fingerprint density at radius 2 is 2.00 bits per heavy atom. The highest BCUT2D eigenvalue weighted by molar-refractivity contribution is 5.86. The van der Waals surface area contributed by atoms with Crippen LogP contribution in [0.15, 0.2) is 24.3 Å². The zero-order valence-electron chi connectivity index (χ0n) is 11.1. The van der Waals surface area contributed by atoms with Gasteiger partial charge in [-0.05, 0) is 44.5 Å². The van der Waals surface area contributed by atoms with Crippen molar-refractivity contribution in [1.29, 1.82) is 0 Å². The molecule has 0 saturated carbocycles. The second kappa shape index (κ2) is 5.29. The fraction of sp³-hybridized carbons (Fsp3) is 0.500. The standard InChI is InChI=1S/C14H20N2O2/c1-10(2)18-12-6-4-11(5-7-12)15-13-8-9-16(3)14(13)17/h4-7,10,13,15H,8-9H2,1-3H3. The largest absolute Gasteiger partial charge is 0.491 e. The van der Waals surface area contributed by atoms with E-state index in [1.165, 1.54) is 0 Å². The number of nitrogens with zero attached hydrogens (tertiary/aromatic N) is 1. The van der Waals surface area contributed by atoms with Crippen LogP contribution in [0, 0.1) is 0 Å². The molecule has 1 saturated heterocycles. The van der Waals surface area contributed by atoms with Crippen LogP contribution in [0.1, 0.15) is 20.3 Å². The normalized spacial score (nSPS) is 19.4. The van der Waals surface area contributed by atoms with Crippen molar-refractivity contribution in [3.05, 3.63) is 24.3 Å². The molecule has 1 amide bonds. The molecule has 1 heterocycles. The summed E-state index contributed by atoms with van der Waals surface area (Å²) in [6.07, 6.45) is 1.04. The lowest BCUT2D eigenvalue weighted by Crippen LogP contribution is -2.30. The molecule has 1 aromatic carbocycles. The maximum atomic E-state index is 11.8. The number of carbonyl (C=O) groups excluding carboxylic acids is 1. The number of rotatable bonds is 4. The first-order valence-corrected chi connectivity index (χ1v) is 6.34. The quantitative estimate of drug-likeness (QED) is 0.887. The van der Waals surface area contributed by atoms with E-state index < -0.39 is 0 Å². The molecule has 4 nitrogen and oxygen atoms in total. The summed E-state index contributed by atoms with van der Waals surface area (Å²) in [6.45, 7) is 4.82. The van der Waals surface area contributed by atoms with Crippen molar-refractivity contribution in [2.45, 2.75) is 32.4 Å². The number of likely N-dealkylation sites (N-methyl/N-ethyl adjacent to an activating group) is 1. The first kappa shape index (κ1) is 12.7. The third kappa shape index (κ3) is 2.94. The molecule has 1 aromatic rings. The van der Waals surface area contributed by atoms with E-state index in [0.717, 1.165) is 24.4 Å². The van der Waals surface area contributed by atoms with Gasteiger partial charge in [-0.2, -0.15) is 0 Å². The highest BCUT2D eigenvalue weighted by atomic mass is 16.5. The molecule has 1 aliphatic heterocycles. The highest BCUT2D eigenvalue weighted by Gasteiger charge is 2.28. The topological polar surface area (TPSA) is 41.6 Å². The van der Waals surface area contributed by atoms with E-state index in [9.17, 15) is 4.79 Å². The number of carbonyl (C=O) groups is 1. The van der Waals surface area contributed by atoms with Gasteiger partial charge < -0.3 is 15.0 Å². The third-order valence-electron chi connectivity index (χ3n) is 2.99. The number of anilines is 1. The van der Waals surface area contributed by atoms with Gasteiger partial charge in [-0.3, -0.25) is 4.79 Å². The molecule has 0 spiro atoms. The SMILES string of the molecule is CC(C)Oc1ccc(NC2CCN(C)C2=O)cc1. The highest BCUT2D eigenvalue weighted by Crippen LogP contribution is 2.20. The second-order valence-corrected chi connectivity index (χ2v) is 4.94. The van der Waals surface area contributed by atoms with Gasteiger partial charge in [0.05, 0.1) is 6.10 Å². The molecule has 1 aliphatic rings. The Hall–Kier alpha value is -1.71. The fourth-order valence-electron chi connectivity index (χ4n) is 2.06. The predicted molar refractivity (Wildman–Crippen MR) is 71.9 cm³/mol. The number of benzene rings is 1. The summed E-state index contributed by atoms with van der Waals surface area (Å²) >= 11 is 0. The Bertz CT molecular complexity index is 414. The van der Waals surface area contributed by atoms with Crippen LogP contribution in [0.4, 0.5) is 5.69 Å². The summed E-state index contributed by atoms with van der Waals surface area (Å²) in [5, 5.41) is 3.25. The molecule has 98 valence electrons. The molecule has 1 unspecified atom stereocenters. The Morgan fingerprint density at radius 3 is 2.50 bits per heavy atom. The van der Waals surface area contributed by atoms with Crippen molar-refractivity contribution in [2.75, 3.05) is 18.9 Å². The van der Waals surface area contributed by atoms with Gasteiger partial charge >= 0.3 is 0 Å². The first-order chi connectivity index (χ1) is 8.56. The number of amides is 1. The van der Waals surface area contributed by atoms with Crippen LogP contribution in [0.3, 0.4) is 0 Å². The Labute approximate surface area is 108 Å². The van der Waals surface area contributed by atoms with Gasteiger partial charge in [0.1, 0.15) is 11.8 Å². The summed E-state index contributed by atoms with van der Waals surface area (Å²) in [5.41, 5.74) is 0.958. The molecule has 4 heteroatoms. The lowest BCUT2D eigenvalue weighted by atomic mass is 10.2. The van der Waals surface area contributed by atoms with Gasteiger partial charge in [0.25, 0.3) is 0 Å². The van der Waals surface area contributed by atoms with Gasteiger partial charge in [0.15, 0.2) is 0 Å². The van der Waals surface area contributed by atoms with E-state index in [-0.39, 0.29) is 18.1 Å². The van der Waals surface area contributed by atoms with Gasteiger partial charge in [-0.1, -0.05) is 0 Å². The van der Waals surface area contributed by atoms with Crippen molar-refractivity contribution in [2.24, 2.45) is 0 Å². The van der Waals surface area contributed by atoms with E-state index in [1.54, 1.807) is 4.90 Å². The molecule has 0 radical (unpaired) electrons. The lowest BCUT2D eigenvalue weighted by Gasteiger charge is -2.14. The predicted octanol–water partition coefficient (Wildman–Crippen LogP) is 2.12. The number of hydrogen-bond acceptors (Lipinski definition) is 3. The van der Waals surface area contributed by atoms with Gasteiger partial charge in [-0.25, -0.2) is 0 Å². The van der Waals surface area contributed by atoms with Crippen molar-refractivity contribution >= 4 is 11.6 Å². The molecule has 1 N–H and O–H groups in total. The minimum absolute atomic E-state index is 0.0909. The van der Waals surface area contributed by atoms with Crippen LogP contribution in [0.25, 0.3) is 0 Å². The van der Waals surface area contributed by atoms with E-state index in [0.29, 0.717) is 0 Å². The van der Waals surface area contributed by atoms with Gasteiger partial charge in [0.2, 0.25) is 5.91 Å². The van der Waals surface area contributed by atoms with Crippen molar-refractivity contribution in [1.82, 2.24) is 4.90 Å². The molecule has 1 fully saturated rings. The molecule has 0 aromatic heterocycles. The second-order valence-electron chi connectivity index (χ2n) is 4.94. The van der Waals surface area contributed by atoms with Crippen LogP contribution >= 0.6 is 0 Å². The van der Waals surface area contributed by atoms with E-state index in [4.69, 9.17) is 4.74 Å². The summed E-state index contributed by atoms with van der Waals surface area (Å²) in [4.78, 5) is 13.5. The molecule has 0 bridgehead atoms. The number of hydrogen-bond donors (Lipinski definition) is 1. The van der Waals surface area contributed by atoms with Crippen molar-refractivity contribution < 1.29 is 9.53 Å². The minimum Gasteiger partial charge on any atom is -0.491 e. The Balaban J connectivity index is 1.96. The Kier molecular flexibility index (Phi) is 3.75. The minimum atomic E-state index is -0.0909. The fourth-order valence-corrected chi connectivity index (χ4v) is 2.06. The van der Waals surface area contributed by atoms with E-state index in [2.05, 4.69) is 5.32 Å². The van der Waals surface area contributed by atoms with Crippen molar-refractivity contribution in [3.63, 3.8) is 0 Å². The zero-order chi connectivity index (χ0) is 13.1. The smallest absolute Gasteiger partial charge is 0.244 e. The molecular weight excluding hydrogens is 228 g/mol. The maximum absolute atomic E-state index is 11.8. The third-order valence-corrected chi connectivity index (χ3v) is 2.99. The van der Waals surface area contributed by atoms with E-state index >= 15 is 0 Å². The summed E-state index contributed by atoms with van der Waals surface area (Å²) in [5.74, 6) is 1.02. The Morgan fingerprint density at radius 1 is 1.33 bits per heavy atom. The number of ether oxygens (including phenoxy) is 1. The lowest BCUT2D eigenvalue weighted by molar-refractivity contribution is -0.127. The van der Waals surface area contributed by atoms with Gasteiger partial charge in [-0.15, -0.1) is 0 Å². The maximum Gasteiger partial charge on any atom is 0.244 e. The first-order valence-electron chi connectivity index (χ1n) is 6.34. The van der Waals surface area contributed by atoms with E-state index in [1.807, 2.05) is 45.2 Å². The average molecular weight is 248 g/mol. The molecular formula is C14H20N2O2. The van der Waals surface area contributed by atoms with Crippen LogP contribution in [-0.4, -0.2) is 36.5 Å². The summed E-state index contributed by atoms with van der Waals surface area (Å²) in [7, 11) is 1.84. The number of nitrogens with one attached hydrogen (secondary N) is 1. The van der Waals surface area contributed by atoms with Crippen LogP contribution < -0.4 is 10.1 Å². The molecule has 2 rings (SSSR count). The van der Waals surface area contributed by atoms with Crippen LogP contribution in [-0.2, 0) is 4.79 Å². The monoisotopic (exact) mass is 248 g/mol. The summed E-state index contributed by atoms with van der Waals surface area (Å²) in [6, 6.07) is 7.65. The van der Waals surface area contributed by atoms with Crippen LogP contribution in [0.5, 0.6) is 5.75 Å². The summed E-state index contributed by atoms with van der Waals surface area (Å²) < 4.78 is 5.57. The molecule has 1 atom stereocenters. The number of likely N-dealkylation sites (tertiary alicyclic amines) is 1. The average Bonchev–Trinajstić information content (AvgIpc) is 2.63. The molecule has 0 aliphatic carbocycles. The van der Waals surface area contributed by atoms with Crippen molar-refractivity contribution in [3.8, 4) is 5.75 Å². The van der Waals surface area contributed by atoms with Gasteiger partial charge in [0, 0.05) is 19.3 Å². The van der Waals surface area contributed by atoms with Crippen LogP contribution in [0.2, 0.25) is 0 Å². The molecule has 18 heavy (non-hydrogen) atoms.